The molecule has 0 saturated carbocycles. The van der Waals surface area contributed by atoms with Crippen molar-refractivity contribution in [2.75, 3.05) is 4.72 Å². The van der Waals surface area contributed by atoms with Crippen molar-refractivity contribution >= 4 is 27.3 Å². The summed E-state index contributed by atoms with van der Waals surface area (Å²) in [5.74, 6) is 0. The zero-order valence-corrected chi connectivity index (χ0v) is 13.4. The van der Waals surface area contributed by atoms with Crippen molar-refractivity contribution in [1.29, 1.82) is 0 Å². The molecule has 2 aromatic carbocycles. The Morgan fingerprint density at radius 3 is 2.24 bits per heavy atom. The number of aryl methyl sites for hydroxylation is 2. The second-order valence-corrected chi connectivity index (χ2v) is 7.03. The minimum atomic E-state index is -3.67. The van der Waals surface area contributed by atoms with Crippen molar-refractivity contribution in [3.63, 3.8) is 0 Å². The summed E-state index contributed by atoms with van der Waals surface area (Å²) in [6.45, 7) is 4.10. The molecule has 0 atom stereocenters. The fourth-order valence-electron chi connectivity index (χ4n) is 2.11. The van der Waals surface area contributed by atoms with Gasteiger partial charge in [-0.25, -0.2) is 8.42 Å². The summed E-state index contributed by atoms with van der Waals surface area (Å²) in [6, 6.07) is 10.1. The van der Waals surface area contributed by atoms with Crippen molar-refractivity contribution in [2.24, 2.45) is 5.73 Å². The van der Waals surface area contributed by atoms with Crippen LogP contribution in [0.2, 0.25) is 5.02 Å². The molecule has 0 aliphatic carbocycles. The van der Waals surface area contributed by atoms with Gasteiger partial charge in [0.15, 0.2) is 0 Å². The van der Waals surface area contributed by atoms with Crippen molar-refractivity contribution in [1.82, 2.24) is 0 Å². The third-order valence-electron chi connectivity index (χ3n) is 3.03. The second kappa shape index (κ2) is 6.05. The summed E-state index contributed by atoms with van der Waals surface area (Å²) in [4.78, 5) is 0.115. The summed E-state index contributed by atoms with van der Waals surface area (Å²) in [6.07, 6.45) is 0. The second-order valence-electron chi connectivity index (χ2n) is 4.94. The van der Waals surface area contributed by atoms with E-state index in [1.807, 2.05) is 19.9 Å². The maximum Gasteiger partial charge on any atom is 0.261 e. The molecule has 0 unspecified atom stereocenters. The Bertz CT molecular complexity index is 753. The van der Waals surface area contributed by atoms with Gasteiger partial charge in [0.1, 0.15) is 0 Å². The van der Waals surface area contributed by atoms with Crippen LogP contribution in [0, 0.1) is 13.8 Å². The highest BCUT2D eigenvalue weighted by molar-refractivity contribution is 7.92. The average Bonchev–Trinajstić information content (AvgIpc) is 2.36. The predicted octanol–water partition coefficient (Wildman–Crippen LogP) is 3.22. The SMILES string of the molecule is Cc1cc(C)cc(NS(=O)(=O)c2ccc(CN)c(Cl)c2)c1. The largest absolute Gasteiger partial charge is 0.326 e. The molecule has 0 bridgehead atoms. The van der Waals surface area contributed by atoms with Crippen LogP contribution in [0.15, 0.2) is 41.3 Å². The van der Waals surface area contributed by atoms with Crippen LogP contribution in [0.5, 0.6) is 0 Å². The molecule has 112 valence electrons. The van der Waals surface area contributed by atoms with Crippen LogP contribution in [-0.4, -0.2) is 8.42 Å². The molecular formula is C15H17ClN2O2S. The zero-order chi connectivity index (χ0) is 15.6. The smallest absolute Gasteiger partial charge is 0.261 e. The first-order valence-electron chi connectivity index (χ1n) is 6.41. The first kappa shape index (κ1) is 15.8. The van der Waals surface area contributed by atoms with Crippen LogP contribution < -0.4 is 10.5 Å². The molecule has 4 nitrogen and oxygen atoms in total. The van der Waals surface area contributed by atoms with E-state index in [1.165, 1.54) is 12.1 Å². The van der Waals surface area contributed by atoms with Crippen molar-refractivity contribution in [3.8, 4) is 0 Å². The molecule has 3 N–H and O–H groups in total. The lowest BCUT2D eigenvalue weighted by Crippen LogP contribution is -2.13. The Morgan fingerprint density at radius 2 is 1.71 bits per heavy atom. The number of nitrogens with one attached hydrogen (secondary N) is 1. The monoisotopic (exact) mass is 324 g/mol. The number of rotatable bonds is 4. The molecule has 0 saturated heterocycles. The fourth-order valence-corrected chi connectivity index (χ4v) is 3.50. The van der Waals surface area contributed by atoms with E-state index in [2.05, 4.69) is 4.72 Å². The van der Waals surface area contributed by atoms with E-state index in [4.69, 9.17) is 17.3 Å². The molecule has 0 heterocycles. The maximum absolute atomic E-state index is 12.4. The summed E-state index contributed by atoms with van der Waals surface area (Å²) in [5.41, 5.74) is 8.74. The van der Waals surface area contributed by atoms with Gasteiger partial charge in [0.05, 0.1) is 4.90 Å². The average molecular weight is 325 g/mol. The molecule has 0 fully saturated rings. The van der Waals surface area contributed by atoms with Gasteiger partial charge in [0.2, 0.25) is 0 Å². The van der Waals surface area contributed by atoms with Gasteiger partial charge in [-0.05, 0) is 54.8 Å². The Hall–Kier alpha value is -1.56. The summed E-state index contributed by atoms with van der Waals surface area (Å²) < 4.78 is 27.3. The predicted molar refractivity (Wildman–Crippen MR) is 86.1 cm³/mol. The quantitative estimate of drug-likeness (QED) is 0.907. The van der Waals surface area contributed by atoms with Gasteiger partial charge in [0.25, 0.3) is 10.0 Å². The highest BCUT2D eigenvalue weighted by Crippen LogP contribution is 2.23. The van der Waals surface area contributed by atoms with Crippen LogP contribution in [0.25, 0.3) is 0 Å². The Labute approximate surface area is 130 Å². The molecule has 6 heteroatoms. The zero-order valence-electron chi connectivity index (χ0n) is 11.9. The first-order valence-corrected chi connectivity index (χ1v) is 8.27. The van der Waals surface area contributed by atoms with Crippen LogP contribution in [0.1, 0.15) is 16.7 Å². The van der Waals surface area contributed by atoms with E-state index in [0.29, 0.717) is 16.3 Å². The molecule has 0 amide bonds. The Balaban J connectivity index is 2.36. The van der Waals surface area contributed by atoms with Crippen molar-refractivity contribution in [3.05, 3.63) is 58.1 Å². The van der Waals surface area contributed by atoms with Gasteiger partial charge in [0, 0.05) is 17.3 Å². The molecule has 0 aromatic heterocycles. The van der Waals surface area contributed by atoms with Gasteiger partial charge >= 0.3 is 0 Å². The van der Waals surface area contributed by atoms with Gasteiger partial charge in [-0.2, -0.15) is 0 Å². The molecular weight excluding hydrogens is 308 g/mol. The third kappa shape index (κ3) is 3.75. The van der Waals surface area contributed by atoms with E-state index in [-0.39, 0.29) is 11.4 Å². The lowest BCUT2D eigenvalue weighted by Gasteiger charge is -2.11. The molecule has 2 rings (SSSR count). The number of hydrogen-bond donors (Lipinski definition) is 2. The van der Waals surface area contributed by atoms with Gasteiger partial charge in [-0.15, -0.1) is 0 Å². The van der Waals surface area contributed by atoms with Crippen LogP contribution in [0.3, 0.4) is 0 Å². The number of halogens is 1. The minimum Gasteiger partial charge on any atom is -0.326 e. The van der Waals surface area contributed by atoms with Crippen LogP contribution in [-0.2, 0) is 16.6 Å². The molecule has 0 aliphatic rings. The molecule has 0 radical (unpaired) electrons. The Morgan fingerprint density at radius 1 is 1.10 bits per heavy atom. The van der Waals surface area contributed by atoms with E-state index >= 15 is 0 Å². The highest BCUT2D eigenvalue weighted by atomic mass is 35.5. The summed E-state index contributed by atoms with van der Waals surface area (Å²) >= 11 is 6.02. The van der Waals surface area contributed by atoms with E-state index < -0.39 is 10.0 Å². The van der Waals surface area contributed by atoms with E-state index in [1.54, 1.807) is 18.2 Å². The highest BCUT2D eigenvalue weighted by Gasteiger charge is 2.16. The fraction of sp³-hybridized carbons (Fsp3) is 0.200. The van der Waals surface area contributed by atoms with E-state index in [9.17, 15) is 8.42 Å². The lowest BCUT2D eigenvalue weighted by atomic mass is 10.1. The van der Waals surface area contributed by atoms with Crippen molar-refractivity contribution < 1.29 is 8.42 Å². The normalized spacial score (nSPS) is 11.4. The number of nitrogens with two attached hydrogens (primary N) is 1. The molecule has 0 aliphatic heterocycles. The standard InChI is InChI=1S/C15H17ClN2O2S/c1-10-5-11(2)7-13(6-10)18-21(19,20)14-4-3-12(9-17)15(16)8-14/h3-8,18H,9,17H2,1-2H3. The van der Waals surface area contributed by atoms with Crippen LogP contribution in [0.4, 0.5) is 5.69 Å². The van der Waals surface area contributed by atoms with Gasteiger partial charge < -0.3 is 5.73 Å². The number of benzene rings is 2. The number of anilines is 1. The third-order valence-corrected chi connectivity index (χ3v) is 4.76. The topological polar surface area (TPSA) is 72.2 Å². The Kier molecular flexibility index (Phi) is 4.56. The number of hydrogen-bond acceptors (Lipinski definition) is 3. The lowest BCUT2D eigenvalue weighted by molar-refractivity contribution is 0.601. The summed E-state index contributed by atoms with van der Waals surface area (Å²) in [7, 11) is -3.67. The minimum absolute atomic E-state index is 0.115. The molecule has 0 spiro atoms. The number of sulfonamides is 1. The van der Waals surface area contributed by atoms with Crippen LogP contribution >= 0.6 is 11.6 Å². The molecule has 21 heavy (non-hydrogen) atoms. The molecule has 2 aromatic rings. The van der Waals surface area contributed by atoms with Crippen molar-refractivity contribution in [2.45, 2.75) is 25.3 Å². The maximum atomic E-state index is 12.4. The van der Waals surface area contributed by atoms with Gasteiger partial charge in [-0.3, -0.25) is 4.72 Å². The van der Waals surface area contributed by atoms with E-state index in [0.717, 1.165) is 11.1 Å². The van der Waals surface area contributed by atoms with Gasteiger partial charge in [-0.1, -0.05) is 23.7 Å². The first-order chi connectivity index (χ1) is 9.81. The summed E-state index contributed by atoms with van der Waals surface area (Å²) in [5, 5.41) is 0.348.